The third-order valence-electron chi connectivity index (χ3n) is 2.62. The monoisotopic (exact) mass is 197 g/mol. The van der Waals surface area contributed by atoms with E-state index in [1.165, 1.54) is 0 Å². The topological polar surface area (TPSA) is 39.5 Å². The van der Waals surface area contributed by atoms with Crippen molar-refractivity contribution in [3.63, 3.8) is 0 Å². The molecule has 0 aromatic carbocycles. The van der Waals surface area contributed by atoms with Gasteiger partial charge in [0.2, 0.25) is 0 Å². The van der Waals surface area contributed by atoms with Crippen LogP contribution in [-0.4, -0.2) is 62.8 Å². The van der Waals surface area contributed by atoms with Crippen molar-refractivity contribution < 1.29 is 4.74 Å². The number of rotatable bonds is 5. The Morgan fingerprint density at radius 1 is 1.14 bits per heavy atom. The van der Waals surface area contributed by atoms with E-state index in [-0.39, 0.29) is 0 Å². The summed E-state index contributed by atoms with van der Waals surface area (Å²) in [6.45, 7) is 7.16. The van der Waals surface area contributed by atoms with Crippen LogP contribution >= 0.6 is 0 Å². The van der Waals surface area contributed by atoms with Crippen molar-refractivity contribution in [1.82, 2.24) is 9.80 Å². The molecule has 1 saturated heterocycles. The van der Waals surface area contributed by atoms with Crippen LogP contribution in [0.15, 0.2) is 0 Å². The van der Waals surface area contributed by atoms with Crippen LogP contribution in [0.4, 0.5) is 0 Å². The lowest BCUT2D eigenvalue weighted by Gasteiger charge is -2.34. The summed E-state index contributed by atoms with van der Waals surface area (Å²) in [5.74, 6) is 0. The maximum atomic E-state index is 8.46. The van der Waals surface area contributed by atoms with Crippen molar-refractivity contribution in [3.8, 4) is 6.07 Å². The Hall–Kier alpha value is -0.630. The summed E-state index contributed by atoms with van der Waals surface area (Å²) in [6, 6.07) is 2.19. The molecule has 0 aliphatic carbocycles. The quantitative estimate of drug-likeness (QED) is 0.629. The van der Waals surface area contributed by atoms with E-state index in [9.17, 15) is 0 Å². The second-order valence-electron chi connectivity index (χ2n) is 3.58. The number of methoxy groups -OCH3 is 1. The van der Waals surface area contributed by atoms with Gasteiger partial charge in [0.05, 0.1) is 12.7 Å². The minimum Gasteiger partial charge on any atom is -0.383 e. The van der Waals surface area contributed by atoms with Gasteiger partial charge in [-0.15, -0.1) is 0 Å². The van der Waals surface area contributed by atoms with Crippen molar-refractivity contribution >= 4 is 0 Å². The molecule has 0 atom stereocenters. The van der Waals surface area contributed by atoms with E-state index in [2.05, 4.69) is 15.9 Å². The van der Waals surface area contributed by atoms with Crippen molar-refractivity contribution in [3.05, 3.63) is 0 Å². The van der Waals surface area contributed by atoms with Crippen molar-refractivity contribution in [2.24, 2.45) is 0 Å². The molecule has 14 heavy (non-hydrogen) atoms. The fraction of sp³-hybridized carbons (Fsp3) is 0.900. The molecule has 0 bridgehead atoms. The molecular weight excluding hydrogens is 178 g/mol. The van der Waals surface area contributed by atoms with Gasteiger partial charge in [0.15, 0.2) is 0 Å². The van der Waals surface area contributed by atoms with Gasteiger partial charge in [0.25, 0.3) is 0 Å². The van der Waals surface area contributed by atoms with Crippen LogP contribution in [0, 0.1) is 11.3 Å². The molecule has 0 amide bonds. The van der Waals surface area contributed by atoms with Crippen molar-refractivity contribution in [2.75, 3.05) is 53.0 Å². The second-order valence-corrected chi connectivity index (χ2v) is 3.58. The minimum absolute atomic E-state index is 0.651. The number of hydrogen-bond donors (Lipinski definition) is 0. The number of ether oxygens (including phenoxy) is 1. The van der Waals surface area contributed by atoms with E-state index in [0.29, 0.717) is 6.42 Å². The Morgan fingerprint density at radius 2 is 1.71 bits per heavy atom. The van der Waals surface area contributed by atoms with Crippen LogP contribution in [0.5, 0.6) is 0 Å². The van der Waals surface area contributed by atoms with Crippen LogP contribution in [0.2, 0.25) is 0 Å². The Balaban J connectivity index is 2.09. The summed E-state index contributed by atoms with van der Waals surface area (Å²) < 4.78 is 5.04. The zero-order valence-electron chi connectivity index (χ0n) is 8.91. The SMILES string of the molecule is COCCN1CCN(CCC#N)CC1. The molecule has 0 spiro atoms. The third-order valence-corrected chi connectivity index (χ3v) is 2.62. The Bertz CT molecular complexity index is 182. The first-order valence-corrected chi connectivity index (χ1v) is 5.17. The van der Waals surface area contributed by atoms with E-state index in [0.717, 1.165) is 45.9 Å². The lowest BCUT2D eigenvalue weighted by molar-refractivity contribution is 0.0980. The second kappa shape index (κ2) is 6.77. The molecule has 0 unspecified atom stereocenters. The molecule has 1 aliphatic heterocycles. The van der Waals surface area contributed by atoms with Crippen molar-refractivity contribution in [2.45, 2.75) is 6.42 Å². The average molecular weight is 197 g/mol. The molecule has 1 fully saturated rings. The van der Waals surface area contributed by atoms with Gasteiger partial charge in [-0.1, -0.05) is 0 Å². The molecule has 4 nitrogen and oxygen atoms in total. The molecule has 1 aliphatic rings. The molecule has 0 aromatic rings. The molecule has 0 saturated carbocycles. The largest absolute Gasteiger partial charge is 0.383 e. The highest BCUT2D eigenvalue weighted by Gasteiger charge is 2.15. The lowest BCUT2D eigenvalue weighted by Crippen LogP contribution is -2.47. The number of hydrogen-bond acceptors (Lipinski definition) is 4. The van der Waals surface area contributed by atoms with E-state index in [1.807, 2.05) is 0 Å². The van der Waals surface area contributed by atoms with Crippen LogP contribution in [0.3, 0.4) is 0 Å². The van der Waals surface area contributed by atoms with E-state index in [1.54, 1.807) is 7.11 Å². The Morgan fingerprint density at radius 3 is 2.21 bits per heavy atom. The molecule has 4 heteroatoms. The minimum atomic E-state index is 0.651. The van der Waals surface area contributed by atoms with E-state index >= 15 is 0 Å². The predicted molar refractivity (Wildman–Crippen MR) is 55.0 cm³/mol. The van der Waals surface area contributed by atoms with Crippen LogP contribution in [0.1, 0.15) is 6.42 Å². The molecule has 0 N–H and O–H groups in total. The highest BCUT2D eigenvalue weighted by molar-refractivity contribution is 4.76. The standard InChI is InChI=1S/C10H19N3O/c1-14-10-9-13-7-5-12(6-8-13)4-2-3-11/h2,4-10H2,1H3. The van der Waals surface area contributed by atoms with Crippen LogP contribution < -0.4 is 0 Å². The maximum absolute atomic E-state index is 8.46. The fourth-order valence-electron chi connectivity index (χ4n) is 1.67. The zero-order chi connectivity index (χ0) is 10.2. The zero-order valence-corrected chi connectivity index (χ0v) is 8.91. The predicted octanol–water partition coefficient (Wildman–Crippen LogP) is 0.164. The van der Waals surface area contributed by atoms with Crippen LogP contribution in [0.25, 0.3) is 0 Å². The van der Waals surface area contributed by atoms with E-state index < -0.39 is 0 Å². The van der Waals surface area contributed by atoms with Crippen LogP contribution in [-0.2, 0) is 4.74 Å². The summed E-state index contributed by atoms with van der Waals surface area (Å²) >= 11 is 0. The lowest BCUT2D eigenvalue weighted by atomic mass is 10.3. The summed E-state index contributed by atoms with van der Waals surface area (Å²) in [7, 11) is 1.74. The average Bonchev–Trinajstić information content (AvgIpc) is 2.25. The summed E-state index contributed by atoms with van der Waals surface area (Å²) in [4.78, 5) is 4.76. The highest BCUT2D eigenvalue weighted by Crippen LogP contribution is 2.01. The molecule has 80 valence electrons. The van der Waals surface area contributed by atoms with Gasteiger partial charge in [0.1, 0.15) is 0 Å². The molecule has 1 rings (SSSR count). The van der Waals surface area contributed by atoms with Crippen molar-refractivity contribution in [1.29, 1.82) is 5.26 Å². The van der Waals surface area contributed by atoms with Gasteiger partial charge in [0, 0.05) is 52.8 Å². The van der Waals surface area contributed by atoms with E-state index in [4.69, 9.17) is 10.00 Å². The smallest absolute Gasteiger partial charge is 0.0635 e. The van der Waals surface area contributed by atoms with Gasteiger partial charge in [-0.2, -0.15) is 5.26 Å². The first-order valence-electron chi connectivity index (χ1n) is 5.17. The highest BCUT2D eigenvalue weighted by atomic mass is 16.5. The molecule has 0 radical (unpaired) electrons. The number of nitriles is 1. The first-order chi connectivity index (χ1) is 6.86. The summed E-state index contributed by atoms with van der Waals surface area (Å²) in [6.07, 6.45) is 0.651. The summed E-state index contributed by atoms with van der Waals surface area (Å²) in [5.41, 5.74) is 0. The summed E-state index contributed by atoms with van der Waals surface area (Å²) in [5, 5.41) is 8.46. The number of piperazine rings is 1. The Labute approximate surface area is 86.0 Å². The number of nitrogens with zero attached hydrogens (tertiary/aromatic N) is 3. The van der Waals surface area contributed by atoms with Gasteiger partial charge >= 0.3 is 0 Å². The van der Waals surface area contributed by atoms with Gasteiger partial charge in [-0.25, -0.2) is 0 Å². The Kier molecular flexibility index (Phi) is 5.53. The molecule has 0 aromatic heterocycles. The third kappa shape index (κ3) is 4.05. The molecular formula is C10H19N3O. The normalized spacial score (nSPS) is 19.4. The first kappa shape index (κ1) is 11.4. The fourth-order valence-corrected chi connectivity index (χ4v) is 1.67. The maximum Gasteiger partial charge on any atom is 0.0635 e. The van der Waals surface area contributed by atoms with Gasteiger partial charge < -0.3 is 4.74 Å². The molecule has 1 heterocycles. The van der Waals surface area contributed by atoms with Gasteiger partial charge in [-0.3, -0.25) is 9.80 Å². The van der Waals surface area contributed by atoms with Gasteiger partial charge in [-0.05, 0) is 0 Å².